The Labute approximate surface area is 118 Å². The van der Waals surface area contributed by atoms with Crippen molar-refractivity contribution in [1.82, 2.24) is 20.4 Å². The molecule has 0 fully saturated rings. The van der Waals surface area contributed by atoms with Crippen molar-refractivity contribution in [3.63, 3.8) is 0 Å². The fourth-order valence-corrected chi connectivity index (χ4v) is 1.93. The third-order valence-corrected chi connectivity index (χ3v) is 3.24. The summed E-state index contributed by atoms with van der Waals surface area (Å²) in [5.41, 5.74) is 6.65. The van der Waals surface area contributed by atoms with E-state index >= 15 is 0 Å². The van der Waals surface area contributed by atoms with Crippen molar-refractivity contribution in [1.29, 1.82) is 0 Å². The van der Waals surface area contributed by atoms with Crippen molar-refractivity contribution in [2.45, 2.75) is 27.2 Å². The summed E-state index contributed by atoms with van der Waals surface area (Å²) in [4.78, 5) is 23.9. The molecule has 0 saturated heterocycles. The summed E-state index contributed by atoms with van der Waals surface area (Å²) < 4.78 is 1.47. The molecule has 0 radical (unpaired) electrons. The number of nitrogens with one attached hydrogen (secondary N) is 2. The Balaban J connectivity index is 2.83. The molecule has 20 heavy (non-hydrogen) atoms. The lowest BCUT2D eigenvalue weighted by atomic mass is 9.92. The van der Waals surface area contributed by atoms with Crippen LogP contribution in [0.2, 0.25) is 0 Å². The Morgan fingerprint density at radius 1 is 1.40 bits per heavy atom. The molecule has 1 rings (SSSR count). The van der Waals surface area contributed by atoms with Gasteiger partial charge in [0.1, 0.15) is 5.69 Å². The minimum Gasteiger partial charge on any atom is -0.395 e. The number of nitrogens with zero attached hydrogens (tertiary/aromatic N) is 2. The van der Waals surface area contributed by atoms with Gasteiger partial charge in [-0.1, -0.05) is 6.92 Å². The highest BCUT2D eigenvalue weighted by molar-refractivity contribution is 5.98. The SMILES string of the molecule is CCc1nn(C)c(C(=O)NCC(C)(C)C(=O)NC)c1N. The van der Waals surface area contributed by atoms with Crippen LogP contribution in [0.4, 0.5) is 5.69 Å². The Kier molecular flexibility index (Phi) is 4.75. The van der Waals surface area contributed by atoms with Gasteiger partial charge in [0.25, 0.3) is 5.91 Å². The zero-order valence-electron chi connectivity index (χ0n) is 12.7. The molecule has 4 N–H and O–H groups in total. The summed E-state index contributed by atoms with van der Waals surface area (Å²) in [5, 5.41) is 9.50. The van der Waals surface area contributed by atoms with E-state index in [0.717, 1.165) is 0 Å². The summed E-state index contributed by atoms with van der Waals surface area (Å²) in [6.45, 7) is 5.67. The highest BCUT2D eigenvalue weighted by Gasteiger charge is 2.28. The zero-order valence-corrected chi connectivity index (χ0v) is 12.7. The number of hydrogen-bond acceptors (Lipinski definition) is 4. The minimum absolute atomic E-state index is 0.134. The van der Waals surface area contributed by atoms with E-state index in [4.69, 9.17) is 5.73 Å². The molecule has 0 aliphatic heterocycles. The molecule has 0 unspecified atom stereocenters. The largest absolute Gasteiger partial charge is 0.395 e. The van der Waals surface area contributed by atoms with Gasteiger partial charge in [-0.15, -0.1) is 0 Å². The third-order valence-electron chi connectivity index (χ3n) is 3.24. The number of amides is 2. The summed E-state index contributed by atoms with van der Waals surface area (Å²) in [5.74, 6) is -0.459. The number of aromatic nitrogens is 2. The van der Waals surface area contributed by atoms with Crippen LogP contribution in [0.15, 0.2) is 0 Å². The quantitative estimate of drug-likeness (QED) is 0.710. The van der Waals surface area contributed by atoms with E-state index in [0.29, 0.717) is 23.5 Å². The van der Waals surface area contributed by atoms with E-state index < -0.39 is 5.41 Å². The van der Waals surface area contributed by atoms with Crippen LogP contribution in [0.5, 0.6) is 0 Å². The molecule has 7 nitrogen and oxygen atoms in total. The summed E-state index contributed by atoms with van der Waals surface area (Å²) in [6, 6.07) is 0. The van der Waals surface area contributed by atoms with E-state index in [1.54, 1.807) is 27.9 Å². The van der Waals surface area contributed by atoms with Gasteiger partial charge in [-0.25, -0.2) is 0 Å². The van der Waals surface area contributed by atoms with Crippen molar-refractivity contribution in [3.05, 3.63) is 11.4 Å². The number of carbonyl (C=O) groups excluding carboxylic acids is 2. The number of nitrogen functional groups attached to an aromatic ring is 1. The summed E-state index contributed by atoms with van der Waals surface area (Å²) in [6.07, 6.45) is 0.663. The van der Waals surface area contributed by atoms with Crippen LogP contribution in [-0.4, -0.2) is 35.2 Å². The van der Waals surface area contributed by atoms with E-state index in [1.807, 2.05) is 6.92 Å². The van der Waals surface area contributed by atoms with Crippen LogP contribution < -0.4 is 16.4 Å². The third kappa shape index (κ3) is 3.09. The van der Waals surface area contributed by atoms with Crippen molar-refractivity contribution in [2.75, 3.05) is 19.3 Å². The van der Waals surface area contributed by atoms with Gasteiger partial charge < -0.3 is 16.4 Å². The van der Waals surface area contributed by atoms with E-state index in [2.05, 4.69) is 15.7 Å². The van der Waals surface area contributed by atoms with Gasteiger partial charge >= 0.3 is 0 Å². The van der Waals surface area contributed by atoms with Crippen molar-refractivity contribution in [3.8, 4) is 0 Å². The minimum atomic E-state index is -0.689. The second kappa shape index (κ2) is 5.94. The lowest BCUT2D eigenvalue weighted by Gasteiger charge is -2.22. The topological polar surface area (TPSA) is 102 Å². The summed E-state index contributed by atoms with van der Waals surface area (Å²) in [7, 11) is 3.24. The van der Waals surface area contributed by atoms with Gasteiger partial charge in [-0.3, -0.25) is 14.3 Å². The second-order valence-electron chi connectivity index (χ2n) is 5.33. The monoisotopic (exact) mass is 281 g/mol. The molecular formula is C13H23N5O2. The lowest BCUT2D eigenvalue weighted by molar-refractivity contribution is -0.128. The molecular weight excluding hydrogens is 258 g/mol. The maximum Gasteiger partial charge on any atom is 0.271 e. The van der Waals surface area contributed by atoms with E-state index in [9.17, 15) is 9.59 Å². The average Bonchev–Trinajstić information content (AvgIpc) is 2.69. The molecule has 7 heteroatoms. The molecule has 0 saturated carbocycles. The number of nitrogens with two attached hydrogens (primary N) is 1. The number of hydrogen-bond donors (Lipinski definition) is 3. The molecule has 1 aromatic rings. The zero-order chi connectivity index (χ0) is 15.5. The first kappa shape index (κ1) is 16.0. The van der Waals surface area contributed by atoms with Gasteiger partial charge in [-0.2, -0.15) is 5.10 Å². The van der Waals surface area contributed by atoms with Gasteiger partial charge in [0.2, 0.25) is 5.91 Å². The van der Waals surface area contributed by atoms with E-state index in [1.165, 1.54) is 4.68 Å². The van der Waals surface area contributed by atoms with Crippen LogP contribution in [0.3, 0.4) is 0 Å². The Morgan fingerprint density at radius 2 is 2.00 bits per heavy atom. The van der Waals surface area contributed by atoms with Crippen LogP contribution in [0, 0.1) is 5.41 Å². The highest BCUT2D eigenvalue weighted by atomic mass is 16.2. The summed E-state index contributed by atoms with van der Waals surface area (Å²) >= 11 is 0. The number of rotatable bonds is 5. The van der Waals surface area contributed by atoms with Gasteiger partial charge in [-0.05, 0) is 20.3 Å². The van der Waals surface area contributed by atoms with Gasteiger partial charge in [0.15, 0.2) is 0 Å². The number of aryl methyl sites for hydroxylation is 2. The molecule has 0 bridgehead atoms. The van der Waals surface area contributed by atoms with Crippen LogP contribution in [0.1, 0.15) is 37.0 Å². The van der Waals surface area contributed by atoms with Gasteiger partial charge in [0.05, 0.1) is 16.8 Å². The Morgan fingerprint density at radius 3 is 2.45 bits per heavy atom. The standard InChI is InChI=1S/C13H23N5O2/c1-6-8-9(14)10(18(5)17-8)11(19)16-7-13(2,3)12(20)15-4/h6-7,14H2,1-5H3,(H,15,20)(H,16,19). The van der Waals surface area contributed by atoms with E-state index in [-0.39, 0.29) is 18.4 Å². The Hall–Kier alpha value is -2.05. The molecule has 112 valence electrons. The normalized spacial score (nSPS) is 11.2. The molecule has 2 amide bonds. The highest BCUT2D eigenvalue weighted by Crippen LogP contribution is 2.18. The number of carbonyl (C=O) groups is 2. The first-order valence-corrected chi connectivity index (χ1v) is 6.56. The molecule has 0 aliphatic carbocycles. The maximum absolute atomic E-state index is 12.2. The first-order chi connectivity index (χ1) is 9.24. The van der Waals surface area contributed by atoms with Crippen LogP contribution in [0.25, 0.3) is 0 Å². The van der Waals surface area contributed by atoms with Crippen LogP contribution in [-0.2, 0) is 18.3 Å². The van der Waals surface area contributed by atoms with Crippen molar-refractivity contribution >= 4 is 17.5 Å². The van der Waals surface area contributed by atoms with Crippen LogP contribution >= 0.6 is 0 Å². The predicted molar refractivity (Wildman–Crippen MR) is 77.2 cm³/mol. The Bertz CT molecular complexity index is 519. The molecule has 1 heterocycles. The first-order valence-electron chi connectivity index (χ1n) is 6.56. The molecule has 1 aromatic heterocycles. The fourth-order valence-electron chi connectivity index (χ4n) is 1.93. The predicted octanol–water partition coefficient (Wildman–Crippen LogP) is 0.0667. The lowest BCUT2D eigenvalue weighted by Crippen LogP contribution is -2.44. The number of anilines is 1. The molecule has 0 atom stereocenters. The molecule has 0 aromatic carbocycles. The van der Waals surface area contributed by atoms with Crippen molar-refractivity contribution in [2.24, 2.45) is 12.5 Å². The fraction of sp³-hybridized carbons (Fsp3) is 0.615. The second-order valence-corrected chi connectivity index (χ2v) is 5.33. The smallest absolute Gasteiger partial charge is 0.271 e. The molecule has 0 aliphatic rings. The molecule has 0 spiro atoms. The van der Waals surface area contributed by atoms with Gasteiger partial charge in [0, 0.05) is 20.6 Å². The maximum atomic E-state index is 12.2. The average molecular weight is 281 g/mol. The van der Waals surface area contributed by atoms with Crippen molar-refractivity contribution < 1.29 is 9.59 Å².